The number of hydrogen-bond donors (Lipinski definition) is 2. The summed E-state index contributed by atoms with van der Waals surface area (Å²) in [5.41, 5.74) is 4.61. The van der Waals surface area contributed by atoms with Crippen LogP contribution in [0.2, 0.25) is 0 Å². The van der Waals surface area contributed by atoms with Crippen LogP contribution in [-0.4, -0.2) is 16.8 Å². The molecule has 0 aromatic rings. The van der Waals surface area contributed by atoms with E-state index in [1.807, 2.05) is 0 Å². The van der Waals surface area contributed by atoms with Crippen LogP contribution >= 0.6 is 8.69 Å². The van der Waals surface area contributed by atoms with E-state index < -0.39 is 20.4 Å². The summed E-state index contributed by atoms with van der Waals surface area (Å²) in [5.74, 6) is -1.04. The molecule has 0 rings (SSSR count). The minimum Gasteiger partial charge on any atom is -0.478 e. The van der Waals surface area contributed by atoms with E-state index in [0.717, 1.165) is 6.08 Å². The molecule has 0 aliphatic rings. The highest BCUT2D eigenvalue weighted by atomic mass is 31.1. The van der Waals surface area contributed by atoms with E-state index in [-0.39, 0.29) is 6.42 Å². The molecule has 74 valence electrons. The topological polar surface area (TPSA) is 89.6 Å². The predicted octanol–water partition coefficient (Wildman–Crippen LogP) is 1.04. The zero-order valence-electron chi connectivity index (χ0n) is 7.32. The van der Waals surface area contributed by atoms with Crippen molar-refractivity contribution in [2.24, 2.45) is 5.73 Å². The Kier molecular flexibility index (Phi) is 5.46. The lowest BCUT2D eigenvalue weighted by Gasteiger charge is -2.17. The fourth-order valence-corrected chi connectivity index (χ4v) is 1.09. The Morgan fingerprint density at radius 1 is 1.77 bits per heavy atom. The van der Waals surface area contributed by atoms with Gasteiger partial charge < -0.3 is 5.11 Å². The first-order chi connectivity index (χ1) is 6.04. The van der Waals surface area contributed by atoms with Gasteiger partial charge in [-0.15, -0.1) is 4.52 Å². The molecule has 0 saturated carbocycles. The third-order valence-corrected chi connectivity index (χ3v) is 2.06. The molecule has 2 atom stereocenters. The smallest absolute Gasteiger partial charge is 0.478 e. The molecule has 0 amide bonds. The van der Waals surface area contributed by atoms with Crippen molar-refractivity contribution in [3.05, 3.63) is 12.2 Å². The first-order valence-corrected chi connectivity index (χ1v) is 4.59. The zero-order valence-corrected chi connectivity index (χ0v) is 8.32. The average Bonchev–Trinajstić information content (AvgIpc) is 2.04. The van der Waals surface area contributed by atoms with Gasteiger partial charge in [-0.1, -0.05) is 13.0 Å². The van der Waals surface area contributed by atoms with Gasteiger partial charge in [-0.05, 0) is 11.0 Å². The fourth-order valence-electron chi connectivity index (χ4n) is 0.700. The van der Waals surface area contributed by atoms with Gasteiger partial charge in [0, 0.05) is 12.5 Å². The van der Waals surface area contributed by atoms with E-state index in [4.69, 9.17) is 15.4 Å². The highest BCUT2D eigenvalue weighted by Gasteiger charge is 2.26. The molecule has 0 aliphatic carbocycles. The molecule has 0 radical (unpaired) electrons. The summed E-state index contributed by atoms with van der Waals surface area (Å²) in [6.07, 6.45) is 3.05. The van der Waals surface area contributed by atoms with E-state index in [2.05, 4.69) is 0 Å². The van der Waals surface area contributed by atoms with Crippen molar-refractivity contribution in [3.63, 3.8) is 0 Å². The van der Waals surface area contributed by atoms with Gasteiger partial charge >= 0.3 is 14.7 Å². The van der Waals surface area contributed by atoms with Crippen molar-refractivity contribution in [1.29, 1.82) is 0 Å². The predicted molar refractivity (Wildman–Crippen MR) is 48.7 cm³/mol. The molecule has 13 heavy (non-hydrogen) atoms. The lowest BCUT2D eigenvalue weighted by Crippen LogP contribution is -2.39. The molecule has 6 heteroatoms. The summed E-state index contributed by atoms with van der Waals surface area (Å²) in [5, 5.41) is 8.28. The molecule has 5 nitrogen and oxygen atoms in total. The van der Waals surface area contributed by atoms with Crippen LogP contribution < -0.4 is 5.73 Å². The Hall–Kier alpha value is -0.770. The third kappa shape index (κ3) is 5.47. The van der Waals surface area contributed by atoms with E-state index in [0.29, 0.717) is 6.42 Å². The van der Waals surface area contributed by atoms with Crippen LogP contribution in [0.15, 0.2) is 12.2 Å². The van der Waals surface area contributed by atoms with Gasteiger partial charge in [-0.25, -0.2) is 4.79 Å². The Labute approximate surface area is 77.9 Å². The third-order valence-electron chi connectivity index (χ3n) is 1.57. The summed E-state index contributed by atoms with van der Waals surface area (Å²) in [4.78, 5) is 10.1. The first kappa shape index (κ1) is 12.2. The quantitative estimate of drug-likeness (QED) is 0.385. The van der Waals surface area contributed by atoms with Gasteiger partial charge in [-0.2, -0.15) is 0 Å². The standard InChI is InChI=1S/C7H12NO4P/c1-2-7(8,12-13-11)5-3-4-6(9)10/h3-4,13H,2,5,8H2,1H3/p+1. The van der Waals surface area contributed by atoms with E-state index in [1.54, 1.807) is 6.92 Å². The molecule has 0 bridgehead atoms. The number of nitrogens with two attached hydrogens (primary N) is 1. The molecule has 2 unspecified atom stereocenters. The molecule has 0 aliphatic heterocycles. The summed E-state index contributed by atoms with van der Waals surface area (Å²) in [6, 6.07) is 0. The van der Waals surface area contributed by atoms with Gasteiger partial charge in [0.2, 0.25) is 0 Å². The van der Waals surface area contributed by atoms with Crippen LogP contribution in [0.25, 0.3) is 0 Å². The van der Waals surface area contributed by atoms with Gasteiger partial charge in [0.05, 0.1) is 0 Å². The number of rotatable bonds is 6. The van der Waals surface area contributed by atoms with Crippen molar-refractivity contribution in [3.8, 4) is 0 Å². The minimum absolute atomic E-state index is 0.227. The molecule has 0 aromatic carbocycles. The monoisotopic (exact) mass is 206 g/mol. The summed E-state index contributed by atoms with van der Waals surface area (Å²) in [7, 11) is -0.935. The highest BCUT2D eigenvalue weighted by Crippen LogP contribution is 2.19. The second-order valence-electron chi connectivity index (χ2n) is 2.55. The van der Waals surface area contributed by atoms with E-state index in [1.165, 1.54) is 6.08 Å². The van der Waals surface area contributed by atoms with Crippen LogP contribution in [0.1, 0.15) is 19.8 Å². The highest BCUT2D eigenvalue weighted by molar-refractivity contribution is 7.17. The summed E-state index contributed by atoms with van der Waals surface area (Å²) >= 11 is 0. The van der Waals surface area contributed by atoms with E-state index >= 15 is 0 Å². The maximum absolute atomic E-state index is 10.2. The van der Waals surface area contributed by atoms with Gasteiger partial charge in [-0.3, -0.25) is 5.73 Å². The number of carboxylic acids is 1. The molecular weight excluding hydrogens is 193 g/mol. The number of carboxylic acid groups (broad SMARTS) is 1. The van der Waals surface area contributed by atoms with Crippen molar-refractivity contribution in [1.82, 2.24) is 0 Å². The number of carbonyl (C=O) groups is 1. The van der Waals surface area contributed by atoms with Crippen LogP contribution in [0.3, 0.4) is 0 Å². The van der Waals surface area contributed by atoms with Crippen molar-refractivity contribution in [2.45, 2.75) is 25.5 Å². The molecule has 0 spiro atoms. The van der Waals surface area contributed by atoms with Crippen molar-refractivity contribution in [2.75, 3.05) is 0 Å². The average molecular weight is 206 g/mol. The Balaban J connectivity index is 4.11. The molecule has 0 aromatic heterocycles. The van der Waals surface area contributed by atoms with Crippen molar-refractivity contribution < 1.29 is 19.0 Å². The van der Waals surface area contributed by atoms with Crippen molar-refractivity contribution >= 4 is 14.7 Å². The molecule has 0 fully saturated rings. The normalized spacial score (nSPS) is 16.2. The zero-order chi connectivity index (χ0) is 10.3. The Morgan fingerprint density at radius 3 is 2.77 bits per heavy atom. The minimum atomic E-state index is -1.04. The van der Waals surface area contributed by atoms with Gasteiger partial charge in [0.1, 0.15) is 0 Å². The second kappa shape index (κ2) is 5.80. The molecular formula is C7H13NO4P+. The summed E-state index contributed by atoms with van der Waals surface area (Å²) in [6.45, 7) is 1.77. The van der Waals surface area contributed by atoms with E-state index in [9.17, 15) is 9.36 Å². The summed E-state index contributed by atoms with van der Waals surface area (Å²) < 4.78 is 15.0. The van der Waals surface area contributed by atoms with Crippen LogP contribution in [0, 0.1) is 0 Å². The Bertz CT molecular complexity index is 219. The maximum Gasteiger partial charge on any atom is 0.496 e. The number of aliphatic carboxylic acids is 1. The maximum atomic E-state index is 10.2. The molecule has 3 N–H and O–H groups in total. The lowest BCUT2D eigenvalue weighted by molar-refractivity contribution is -0.131. The molecule has 0 saturated heterocycles. The second-order valence-corrected chi connectivity index (χ2v) is 2.92. The number of hydrogen-bond acceptors (Lipinski definition) is 4. The Morgan fingerprint density at radius 2 is 2.38 bits per heavy atom. The fraction of sp³-hybridized carbons (Fsp3) is 0.571. The van der Waals surface area contributed by atoms with Gasteiger partial charge in [0.15, 0.2) is 5.72 Å². The van der Waals surface area contributed by atoms with Crippen LogP contribution in [-0.2, 0) is 13.9 Å². The lowest BCUT2D eigenvalue weighted by atomic mass is 10.1. The largest absolute Gasteiger partial charge is 0.496 e. The van der Waals surface area contributed by atoms with Crippen LogP contribution in [0.4, 0.5) is 0 Å². The van der Waals surface area contributed by atoms with Crippen LogP contribution in [0.5, 0.6) is 0 Å². The first-order valence-electron chi connectivity index (χ1n) is 3.77. The SMILES string of the molecule is CCC(N)(CC=CC(=O)O)O[PH+]=O. The molecule has 0 heterocycles. The van der Waals surface area contributed by atoms with Gasteiger partial charge in [0.25, 0.3) is 0 Å².